The van der Waals surface area contributed by atoms with Crippen LogP contribution in [-0.2, 0) is 20.1 Å². The highest BCUT2D eigenvalue weighted by molar-refractivity contribution is 7.90. The Kier molecular flexibility index (Phi) is 11.7. The average molecular weight is 757 g/mol. The number of rotatable bonds is 17. The van der Waals surface area contributed by atoms with Crippen LogP contribution < -0.4 is 4.72 Å². The minimum Gasteiger partial charge on any atom is -0.328 e. The summed E-state index contributed by atoms with van der Waals surface area (Å²) in [5.74, 6) is -63.0. The average Bonchev–Trinajstić information content (AvgIpc) is 2.79. The molecule has 0 saturated heterocycles. The first-order chi connectivity index (χ1) is 19.2. The van der Waals surface area contributed by atoms with E-state index in [0.717, 1.165) is 0 Å². The summed E-state index contributed by atoms with van der Waals surface area (Å²) in [6, 6.07) is 0. The van der Waals surface area contributed by atoms with Gasteiger partial charge >= 0.3 is 52.9 Å². The Hall–Kier alpha value is -1.55. The number of nitrogens with one attached hydrogen (secondary N) is 1. The molecule has 45 heavy (non-hydrogen) atoms. The minimum atomic E-state index is -9.17. The zero-order valence-electron chi connectivity index (χ0n) is 21.8. The second-order valence-electron chi connectivity index (χ2n) is 9.81. The molecule has 0 bridgehead atoms. The van der Waals surface area contributed by atoms with Crippen molar-refractivity contribution in [2.24, 2.45) is 0 Å². The first-order valence-corrected chi connectivity index (χ1v) is 14.1. The fourth-order valence-corrected chi connectivity index (χ4v) is 4.66. The number of hydrogen-bond acceptors (Lipinski definition) is 4. The van der Waals surface area contributed by atoms with Crippen molar-refractivity contribution >= 4 is 20.1 Å². The SMILES string of the molecule is C[N+](C)(CCCNS(=O)(=O)C(F)(F)C(F)(F)C(F)(F)C(F)(F)C(F)(F)C(F)(F)C(F)(F)C(F)(F)C(F)(F)F)CCCS(=O)(=O)O. The van der Waals surface area contributed by atoms with Crippen molar-refractivity contribution in [1.82, 2.24) is 4.72 Å². The van der Waals surface area contributed by atoms with Crippen molar-refractivity contribution in [2.75, 3.05) is 39.5 Å². The van der Waals surface area contributed by atoms with E-state index in [9.17, 15) is 100 Å². The molecule has 28 heteroatoms. The van der Waals surface area contributed by atoms with Gasteiger partial charge in [0.1, 0.15) is 0 Å². The third kappa shape index (κ3) is 7.47. The van der Waals surface area contributed by atoms with Crippen LogP contribution in [0.1, 0.15) is 12.8 Å². The second-order valence-corrected chi connectivity index (χ2v) is 13.2. The van der Waals surface area contributed by atoms with E-state index < -0.39 is 98.3 Å². The van der Waals surface area contributed by atoms with Crippen LogP contribution in [0.2, 0.25) is 0 Å². The fraction of sp³-hybridized carbons (Fsp3) is 1.00. The van der Waals surface area contributed by atoms with Crippen LogP contribution in [0, 0.1) is 0 Å². The van der Waals surface area contributed by atoms with E-state index >= 15 is 0 Å². The Labute approximate surface area is 240 Å². The zero-order valence-corrected chi connectivity index (χ0v) is 23.4. The second kappa shape index (κ2) is 12.2. The molecule has 0 heterocycles. The predicted octanol–water partition coefficient (Wildman–Crippen LogP) is 5.25. The first kappa shape index (κ1) is 43.5. The summed E-state index contributed by atoms with van der Waals surface area (Å²) in [4.78, 5) is 0. The van der Waals surface area contributed by atoms with Crippen LogP contribution in [0.25, 0.3) is 0 Å². The third-order valence-corrected chi connectivity index (χ3v) is 8.14. The summed E-state index contributed by atoms with van der Waals surface area (Å²) in [7, 11) is -9.45. The van der Waals surface area contributed by atoms with Gasteiger partial charge in [-0.1, -0.05) is 0 Å². The molecule has 0 aromatic rings. The molecule has 0 atom stereocenters. The lowest BCUT2D eigenvalue weighted by Gasteiger charge is -2.43. The number of sulfonamides is 1. The number of quaternary nitrogens is 1. The van der Waals surface area contributed by atoms with Gasteiger partial charge in [0.05, 0.1) is 32.9 Å². The van der Waals surface area contributed by atoms with E-state index in [2.05, 4.69) is 0 Å². The molecule has 0 unspecified atom stereocenters. The Morgan fingerprint density at radius 1 is 0.533 bits per heavy atom. The molecule has 0 amide bonds. The van der Waals surface area contributed by atoms with Crippen LogP contribution in [0.5, 0.6) is 0 Å². The maximum absolute atomic E-state index is 14.1. The van der Waals surface area contributed by atoms with Crippen molar-refractivity contribution in [3.05, 3.63) is 0 Å². The molecular weight excluding hydrogens is 737 g/mol. The monoisotopic (exact) mass is 757 g/mol. The lowest BCUT2D eigenvalue weighted by molar-refractivity contribution is -0.890. The summed E-state index contributed by atoms with van der Waals surface area (Å²) in [6.45, 7) is -2.08. The zero-order chi connectivity index (χ0) is 36.9. The molecule has 7 nitrogen and oxygen atoms in total. The van der Waals surface area contributed by atoms with E-state index in [1.54, 1.807) is 0 Å². The van der Waals surface area contributed by atoms with Gasteiger partial charge in [0.25, 0.3) is 20.1 Å². The van der Waals surface area contributed by atoms with E-state index in [4.69, 9.17) is 4.55 Å². The van der Waals surface area contributed by atoms with E-state index in [-0.39, 0.29) is 17.4 Å². The van der Waals surface area contributed by atoms with Gasteiger partial charge in [0.15, 0.2) is 0 Å². The van der Waals surface area contributed by atoms with E-state index in [1.807, 2.05) is 0 Å². The Morgan fingerprint density at radius 3 is 1.18 bits per heavy atom. The predicted molar refractivity (Wildman–Crippen MR) is 110 cm³/mol. The van der Waals surface area contributed by atoms with Crippen LogP contribution in [0.15, 0.2) is 0 Å². The topological polar surface area (TPSA) is 101 Å². The summed E-state index contributed by atoms with van der Waals surface area (Å²) in [5, 5.41) is -7.75. The molecule has 0 radical (unpaired) electrons. The van der Waals surface area contributed by atoms with Crippen LogP contribution >= 0.6 is 0 Å². The summed E-state index contributed by atoms with van der Waals surface area (Å²) in [5.41, 5.74) is 0. The highest BCUT2D eigenvalue weighted by Gasteiger charge is 2.97. The maximum Gasteiger partial charge on any atom is 0.460 e. The van der Waals surface area contributed by atoms with Crippen LogP contribution in [0.4, 0.5) is 83.4 Å². The van der Waals surface area contributed by atoms with Gasteiger partial charge in [-0.3, -0.25) is 4.55 Å². The van der Waals surface area contributed by atoms with Gasteiger partial charge < -0.3 is 4.48 Å². The van der Waals surface area contributed by atoms with Gasteiger partial charge in [-0.2, -0.15) is 91.8 Å². The van der Waals surface area contributed by atoms with Crippen molar-refractivity contribution in [3.63, 3.8) is 0 Å². The van der Waals surface area contributed by atoms with Crippen molar-refractivity contribution in [1.29, 1.82) is 0 Å². The molecule has 0 aliphatic heterocycles. The number of alkyl halides is 19. The third-order valence-electron chi connectivity index (χ3n) is 5.82. The van der Waals surface area contributed by atoms with Gasteiger partial charge in [0, 0.05) is 19.4 Å². The Bertz CT molecular complexity index is 1260. The molecule has 0 fully saturated rings. The lowest BCUT2D eigenvalue weighted by atomic mass is 9.89. The fourth-order valence-electron chi connectivity index (χ4n) is 3.11. The maximum atomic E-state index is 14.1. The van der Waals surface area contributed by atoms with Crippen LogP contribution in [-0.4, -0.2) is 118 Å². The molecule has 0 aromatic heterocycles. The molecule has 0 aromatic carbocycles. The van der Waals surface area contributed by atoms with E-state index in [1.165, 1.54) is 14.1 Å². The molecule has 0 rings (SSSR count). The van der Waals surface area contributed by atoms with Gasteiger partial charge in [-0.05, 0) is 0 Å². The van der Waals surface area contributed by atoms with E-state index in [0.29, 0.717) is 4.72 Å². The summed E-state index contributed by atoms with van der Waals surface area (Å²) < 4.78 is 307. The molecular formula is C17H20F19N2O5S2+. The standard InChI is InChI=1S/C17H19F19N2O5S2/c1-38(2,7-4-8-44(39,40)41)6-3-5-37-45(42,43)17(35,36)15(30,31)13(26,27)11(22,23)9(18,19)10(20,21)12(24,25)14(28,29)16(32,33)34/h37H,3-8H2,1-2H3/p+1. The Morgan fingerprint density at radius 2 is 0.844 bits per heavy atom. The number of halogens is 19. The van der Waals surface area contributed by atoms with Crippen LogP contribution in [0.3, 0.4) is 0 Å². The molecule has 2 N–H and O–H groups in total. The highest BCUT2D eigenvalue weighted by Crippen LogP contribution is 2.65. The largest absolute Gasteiger partial charge is 0.460 e. The normalized spacial score (nSPS) is 16.3. The van der Waals surface area contributed by atoms with Gasteiger partial charge in [-0.25, -0.2) is 13.1 Å². The quantitative estimate of drug-likeness (QED) is 0.0915. The van der Waals surface area contributed by atoms with Gasteiger partial charge in [0.2, 0.25) is 0 Å². The van der Waals surface area contributed by atoms with Crippen molar-refractivity contribution in [2.45, 2.75) is 65.7 Å². The van der Waals surface area contributed by atoms with Crippen molar-refractivity contribution < 1.29 is 109 Å². The number of hydrogen-bond donors (Lipinski definition) is 2. The highest BCUT2D eigenvalue weighted by atomic mass is 32.2. The first-order valence-electron chi connectivity index (χ1n) is 11.0. The molecule has 272 valence electrons. The van der Waals surface area contributed by atoms with Gasteiger partial charge in [-0.15, -0.1) is 0 Å². The number of nitrogens with zero attached hydrogens (tertiary/aromatic N) is 1. The Balaban J connectivity index is 6.35. The molecule has 0 spiro atoms. The summed E-state index contributed by atoms with van der Waals surface area (Å²) in [6.07, 6.45) is -9.06. The smallest absolute Gasteiger partial charge is 0.328 e. The minimum absolute atomic E-state index is 0.172. The van der Waals surface area contributed by atoms with Crippen molar-refractivity contribution in [3.8, 4) is 0 Å². The molecule has 0 aliphatic rings. The lowest BCUT2D eigenvalue weighted by Crippen LogP contribution is -2.76. The molecule has 0 saturated carbocycles. The molecule has 0 aliphatic carbocycles. The summed E-state index contributed by atoms with van der Waals surface area (Å²) >= 11 is 0.